The predicted molar refractivity (Wildman–Crippen MR) is 48.7 cm³/mol. The van der Waals surface area contributed by atoms with Crippen LogP contribution in [-0.2, 0) is 9.59 Å². The predicted octanol–water partition coefficient (Wildman–Crippen LogP) is 0.0346. The van der Waals surface area contributed by atoms with Gasteiger partial charge in [0.05, 0.1) is 5.70 Å². The topological polar surface area (TPSA) is 49.4 Å². The summed E-state index contributed by atoms with van der Waals surface area (Å²) in [5.74, 6) is 0. The minimum absolute atomic E-state index is 0.513. The first-order valence-corrected chi connectivity index (χ1v) is 4.13. The van der Waals surface area contributed by atoms with E-state index in [9.17, 15) is 9.59 Å². The second kappa shape index (κ2) is 5.13. The van der Waals surface area contributed by atoms with Gasteiger partial charge in [0, 0.05) is 25.7 Å². The average Bonchev–Trinajstić information content (AvgIpc) is 2.16. The number of carbonyl (C=O) groups excluding carboxylic acids is 2. The quantitative estimate of drug-likeness (QED) is 0.607. The van der Waals surface area contributed by atoms with Crippen LogP contribution in [0.2, 0.25) is 0 Å². The van der Waals surface area contributed by atoms with Crippen LogP contribution in [0.15, 0.2) is 24.0 Å². The Morgan fingerprint density at radius 3 is 3.08 bits per heavy atom. The molecule has 0 aromatic heterocycles. The molecule has 0 saturated heterocycles. The van der Waals surface area contributed by atoms with Crippen molar-refractivity contribution in [1.29, 1.82) is 0 Å². The van der Waals surface area contributed by atoms with Crippen LogP contribution in [0.1, 0.15) is 6.42 Å². The van der Waals surface area contributed by atoms with Gasteiger partial charge < -0.3 is 15.0 Å². The molecule has 0 unspecified atom stereocenters. The summed E-state index contributed by atoms with van der Waals surface area (Å²) in [4.78, 5) is 22.2. The molecule has 1 rings (SSSR count). The highest BCUT2D eigenvalue weighted by Crippen LogP contribution is 2.04. The van der Waals surface area contributed by atoms with Gasteiger partial charge in [-0.3, -0.25) is 4.79 Å². The normalized spacial score (nSPS) is 15.1. The van der Waals surface area contributed by atoms with Gasteiger partial charge in [0.25, 0.3) is 0 Å². The monoisotopic (exact) mass is 180 g/mol. The van der Waals surface area contributed by atoms with E-state index in [1.807, 2.05) is 23.3 Å². The van der Waals surface area contributed by atoms with Crippen LogP contribution in [-0.4, -0.2) is 30.7 Å². The molecule has 0 spiro atoms. The highest BCUT2D eigenvalue weighted by Gasteiger charge is 2.03. The minimum atomic E-state index is 0.513. The van der Waals surface area contributed by atoms with Crippen molar-refractivity contribution in [2.75, 3.05) is 13.1 Å². The van der Waals surface area contributed by atoms with E-state index in [2.05, 4.69) is 5.32 Å². The molecule has 4 nitrogen and oxygen atoms in total. The Kier molecular flexibility index (Phi) is 3.75. The first-order chi connectivity index (χ1) is 6.36. The standard InChI is InChI=1S/C9H12N2O2/c12-6-2-5-11-4-1-3-9(7-11)10-8-13/h1,3,6-8H,2,4-5H2,(H,10,13). The summed E-state index contributed by atoms with van der Waals surface area (Å²) in [6.07, 6.45) is 7.65. The van der Waals surface area contributed by atoms with E-state index in [0.29, 0.717) is 19.4 Å². The van der Waals surface area contributed by atoms with Crippen LogP contribution in [0, 0.1) is 0 Å². The zero-order valence-corrected chi connectivity index (χ0v) is 7.27. The molecule has 4 heteroatoms. The zero-order chi connectivity index (χ0) is 9.52. The van der Waals surface area contributed by atoms with Crippen molar-refractivity contribution in [1.82, 2.24) is 10.2 Å². The summed E-state index contributed by atoms with van der Waals surface area (Å²) >= 11 is 0. The van der Waals surface area contributed by atoms with E-state index in [-0.39, 0.29) is 0 Å². The maximum absolute atomic E-state index is 10.1. The average molecular weight is 180 g/mol. The van der Waals surface area contributed by atoms with Gasteiger partial charge in [-0.15, -0.1) is 0 Å². The Hall–Kier alpha value is -1.58. The Labute approximate surface area is 76.9 Å². The van der Waals surface area contributed by atoms with Crippen molar-refractivity contribution in [2.45, 2.75) is 6.42 Å². The first kappa shape index (κ1) is 9.51. The van der Waals surface area contributed by atoms with E-state index in [1.165, 1.54) is 0 Å². The lowest BCUT2D eigenvalue weighted by molar-refractivity contribution is -0.109. The summed E-state index contributed by atoms with van der Waals surface area (Å²) in [6.45, 7) is 1.48. The smallest absolute Gasteiger partial charge is 0.211 e. The molecule has 1 aliphatic rings. The van der Waals surface area contributed by atoms with E-state index in [1.54, 1.807) is 0 Å². The lowest BCUT2D eigenvalue weighted by Crippen LogP contribution is -2.25. The van der Waals surface area contributed by atoms with Gasteiger partial charge in [-0.2, -0.15) is 0 Å². The Morgan fingerprint density at radius 1 is 1.54 bits per heavy atom. The molecule has 0 aromatic rings. The van der Waals surface area contributed by atoms with Crippen LogP contribution >= 0.6 is 0 Å². The fourth-order valence-corrected chi connectivity index (χ4v) is 1.14. The second-order valence-electron chi connectivity index (χ2n) is 2.70. The lowest BCUT2D eigenvalue weighted by Gasteiger charge is -2.21. The molecular weight excluding hydrogens is 168 g/mol. The number of rotatable bonds is 5. The van der Waals surface area contributed by atoms with Crippen molar-refractivity contribution >= 4 is 12.7 Å². The summed E-state index contributed by atoms with van der Waals surface area (Å²) in [6, 6.07) is 0. The molecule has 13 heavy (non-hydrogen) atoms. The number of hydrogen-bond acceptors (Lipinski definition) is 3. The van der Waals surface area contributed by atoms with E-state index >= 15 is 0 Å². The van der Waals surface area contributed by atoms with Crippen LogP contribution in [0.5, 0.6) is 0 Å². The molecule has 0 radical (unpaired) electrons. The fourth-order valence-electron chi connectivity index (χ4n) is 1.14. The Bertz CT molecular complexity index is 246. The van der Waals surface area contributed by atoms with Crippen molar-refractivity contribution in [3.63, 3.8) is 0 Å². The van der Waals surface area contributed by atoms with Gasteiger partial charge in [0.2, 0.25) is 6.41 Å². The molecule has 70 valence electrons. The molecule has 0 saturated carbocycles. The fraction of sp³-hybridized carbons (Fsp3) is 0.333. The molecule has 0 aliphatic carbocycles. The number of allylic oxidation sites excluding steroid dienone is 1. The number of aldehydes is 1. The molecule has 0 bridgehead atoms. The number of amides is 1. The van der Waals surface area contributed by atoms with Gasteiger partial charge in [-0.25, -0.2) is 0 Å². The van der Waals surface area contributed by atoms with Crippen molar-refractivity contribution in [3.05, 3.63) is 24.0 Å². The van der Waals surface area contributed by atoms with Crippen LogP contribution < -0.4 is 5.32 Å². The third kappa shape index (κ3) is 3.11. The van der Waals surface area contributed by atoms with Crippen molar-refractivity contribution < 1.29 is 9.59 Å². The molecule has 0 fully saturated rings. The van der Waals surface area contributed by atoms with Gasteiger partial charge in [-0.05, 0) is 6.08 Å². The highest BCUT2D eigenvalue weighted by atomic mass is 16.1. The summed E-state index contributed by atoms with van der Waals surface area (Å²) in [7, 11) is 0. The maximum atomic E-state index is 10.1. The molecular formula is C9H12N2O2. The zero-order valence-electron chi connectivity index (χ0n) is 7.27. The lowest BCUT2D eigenvalue weighted by atomic mass is 10.3. The van der Waals surface area contributed by atoms with E-state index < -0.39 is 0 Å². The van der Waals surface area contributed by atoms with Gasteiger partial charge >= 0.3 is 0 Å². The molecule has 0 aromatic carbocycles. The van der Waals surface area contributed by atoms with Crippen molar-refractivity contribution in [2.24, 2.45) is 0 Å². The number of nitrogens with zero attached hydrogens (tertiary/aromatic N) is 1. The van der Waals surface area contributed by atoms with Gasteiger partial charge in [-0.1, -0.05) is 6.08 Å². The summed E-state index contributed by atoms with van der Waals surface area (Å²) < 4.78 is 0. The SMILES string of the molecule is O=CCCN1C=C(NC=O)C=CC1. The van der Waals surface area contributed by atoms with Crippen LogP contribution in [0.3, 0.4) is 0 Å². The molecule has 1 amide bonds. The molecule has 0 atom stereocenters. The number of carbonyl (C=O) groups is 2. The third-order valence-electron chi connectivity index (χ3n) is 1.72. The van der Waals surface area contributed by atoms with Gasteiger partial charge in [0.1, 0.15) is 6.29 Å². The Balaban J connectivity index is 2.45. The molecule has 1 heterocycles. The van der Waals surface area contributed by atoms with E-state index in [0.717, 1.165) is 18.5 Å². The highest BCUT2D eigenvalue weighted by molar-refractivity contribution is 5.52. The Morgan fingerprint density at radius 2 is 2.38 bits per heavy atom. The summed E-state index contributed by atoms with van der Waals surface area (Å²) in [5.41, 5.74) is 0.757. The second-order valence-corrected chi connectivity index (χ2v) is 2.70. The summed E-state index contributed by atoms with van der Waals surface area (Å²) in [5, 5.41) is 2.55. The molecule has 1 aliphatic heterocycles. The van der Waals surface area contributed by atoms with Crippen LogP contribution in [0.25, 0.3) is 0 Å². The van der Waals surface area contributed by atoms with Crippen molar-refractivity contribution in [3.8, 4) is 0 Å². The van der Waals surface area contributed by atoms with Crippen LogP contribution in [0.4, 0.5) is 0 Å². The van der Waals surface area contributed by atoms with E-state index in [4.69, 9.17) is 0 Å². The minimum Gasteiger partial charge on any atom is -0.372 e. The molecule has 1 N–H and O–H groups in total. The largest absolute Gasteiger partial charge is 0.372 e. The van der Waals surface area contributed by atoms with Gasteiger partial charge in [0.15, 0.2) is 0 Å². The first-order valence-electron chi connectivity index (χ1n) is 4.13. The maximum Gasteiger partial charge on any atom is 0.211 e. The third-order valence-corrected chi connectivity index (χ3v) is 1.72. The number of hydrogen-bond donors (Lipinski definition) is 1. The number of nitrogens with one attached hydrogen (secondary N) is 1.